The molecule has 0 bridgehead atoms. The van der Waals surface area contributed by atoms with Crippen LogP contribution in [-0.4, -0.2) is 132 Å². The number of H-pyrrole nitrogens is 2. The summed E-state index contributed by atoms with van der Waals surface area (Å²) in [5.41, 5.74) is 9.14. The summed E-state index contributed by atoms with van der Waals surface area (Å²) in [6.07, 6.45) is 13.7. The normalized spacial score (nSPS) is 10.4. The van der Waals surface area contributed by atoms with Gasteiger partial charge in [0.1, 0.15) is 56.9 Å². The van der Waals surface area contributed by atoms with Crippen molar-refractivity contribution < 1.29 is 4.74 Å². The predicted molar refractivity (Wildman–Crippen MR) is 366 cm³/mol. The van der Waals surface area contributed by atoms with Crippen LogP contribution in [0.3, 0.4) is 0 Å². The molecule has 0 aliphatic heterocycles. The van der Waals surface area contributed by atoms with Gasteiger partial charge in [-0.25, -0.2) is 10.2 Å². The Hall–Kier alpha value is -9.76. The molecule has 0 saturated heterocycles. The Morgan fingerprint density at radius 1 is 0.351 bits per heavy atom. The summed E-state index contributed by atoms with van der Waals surface area (Å²) in [6.45, 7) is 10.7. The first kappa shape index (κ1) is 71.7. The van der Waals surface area contributed by atoms with Gasteiger partial charge in [0.25, 0.3) is 11.1 Å². The molecule has 12 aromatic heterocycles. The molecule has 24 nitrogen and oxygen atoms in total. The van der Waals surface area contributed by atoms with Crippen LogP contribution in [-0.2, 0) is 0 Å². The van der Waals surface area contributed by atoms with E-state index in [1.807, 2.05) is 98.9 Å². The van der Waals surface area contributed by atoms with Gasteiger partial charge in [-0.1, -0.05) is 46.9 Å². The van der Waals surface area contributed by atoms with Gasteiger partial charge in [-0.2, -0.15) is 20.4 Å². The molecule has 2 N–H and O–H groups in total. The van der Waals surface area contributed by atoms with Gasteiger partial charge in [0.15, 0.2) is 15.5 Å². The number of nitrogens with zero attached hydrogens (tertiary/aromatic N) is 19. The standard InChI is InChI=1S/C18H12N6.C10H10N4O.C8H4Cl2N4.C8H6N4O2.C5H5ClN2.C5H4N.3C4H9.Sn/c1-3-11-19-13(5-1)15-7-9-17(23-21-15)18-10-8-16(22-24-18)14-6-2-4-12-20-14;1-7-3-4-8(12-11-7)9-5-6-10(15-2)14-13-9;9-7-3-1-5(11-13-7)6-2-4-8(10)14-12-6;13-7-3-1-5(9-11-7)6-2-4-8(14)12-10-6;1-4-2-3-5(6)8-7-4;1-2-4-6-5-3-1;3*1-3-4-2;/h1-12H;3-6H,1-2H3;1-4H;1-4H,(H,11,13)(H,12,14);2-3H,1H3;1-4H;3*1,3-4H2,2H3;. The molecule has 0 aromatic carbocycles. The van der Waals surface area contributed by atoms with Crippen molar-refractivity contribution in [1.29, 1.82) is 0 Å². The molecular weight excluding hydrogens is 1360 g/mol. The quantitative estimate of drug-likeness (QED) is 0.0800. The second kappa shape index (κ2) is 38.9. The Balaban J connectivity index is 0.000000164. The zero-order valence-corrected chi connectivity index (χ0v) is 57.7. The molecule has 0 fully saturated rings. The third-order valence-electron chi connectivity index (χ3n) is 13.5. The van der Waals surface area contributed by atoms with Gasteiger partial charge in [0.2, 0.25) is 5.88 Å². The van der Waals surface area contributed by atoms with Crippen LogP contribution >= 0.6 is 34.8 Å². The van der Waals surface area contributed by atoms with Crippen molar-refractivity contribution in [3.63, 3.8) is 0 Å². The summed E-state index contributed by atoms with van der Waals surface area (Å²) >= 11 is 14.4. The number of hydrogen-bond acceptors (Lipinski definition) is 22. The van der Waals surface area contributed by atoms with Crippen LogP contribution in [0.5, 0.6) is 5.88 Å². The maximum atomic E-state index is 10.7. The molecule has 0 atom stereocenters. The molecule has 0 aliphatic carbocycles. The van der Waals surface area contributed by atoms with E-state index in [1.54, 1.807) is 65.7 Å². The number of hydrogen-bond donors (Lipinski definition) is 2. The minimum Gasteiger partial charge on any atom is -0.480 e. The molecule has 0 radical (unpaired) electrons. The van der Waals surface area contributed by atoms with E-state index < -0.39 is 18.4 Å². The van der Waals surface area contributed by atoms with Crippen molar-refractivity contribution in [3.05, 3.63) is 230 Å². The van der Waals surface area contributed by atoms with E-state index in [0.717, 1.165) is 34.2 Å². The summed E-state index contributed by atoms with van der Waals surface area (Å²) < 4.78 is 11.0. The molecule has 0 spiro atoms. The molecule has 0 amide bonds. The SMILES string of the molecule is CCC[CH2][Sn]([CH2]CCC)([CH2]CCC)[c]1ccccn1.COc1ccc(-c2ccc(C)nn2)nn1.Cc1ccc(Cl)nn1.Clc1ccc(-c2ccc(Cl)nn2)nn1.O=c1ccc(-c2ccc(=O)[nH]n2)n[nH]1.c1ccc(-c2ccc(-c3ccc(-c4ccccn4)nn3)nn2)nc1. The fourth-order valence-corrected chi connectivity index (χ4v) is 24.3. The van der Waals surface area contributed by atoms with Gasteiger partial charge in [-0.15, -0.1) is 61.2 Å². The van der Waals surface area contributed by atoms with Crippen molar-refractivity contribution in [2.45, 2.75) is 86.5 Å². The van der Waals surface area contributed by atoms with Crippen LogP contribution in [0.2, 0.25) is 28.8 Å². The number of rotatable bonds is 17. The molecule has 94 heavy (non-hydrogen) atoms. The van der Waals surface area contributed by atoms with Gasteiger partial charge in [0, 0.05) is 30.6 Å². The first-order valence-electron chi connectivity index (χ1n) is 30.0. The Kier molecular flexibility index (Phi) is 29.7. The molecule has 28 heteroatoms. The average molecular weight is 1430 g/mol. The summed E-state index contributed by atoms with van der Waals surface area (Å²) in [7, 11) is 1.55. The van der Waals surface area contributed by atoms with Crippen molar-refractivity contribution in [3.8, 4) is 74.2 Å². The number of aromatic nitrogens is 21. The number of ether oxygens (including phenoxy) is 1. The fraction of sp³-hybridized carbons (Fsp3) is 0.227. The maximum absolute atomic E-state index is 10.7. The molecule has 12 aromatic rings. The Labute approximate surface area is 562 Å². The first-order valence-corrected chi connectivity index (χ1v) is 38.6. The van der Waals surface area contributed by atoms with Crippen LogP contribution < -0.4 is 19.6 Å². The number of halogens is 3. The van der Waals surface area contributed by atoms with Gasteiger partial charge >= 0.3 is 124 Å². The fourth-order valence-electron chi connectivity index (χ4n) is 8.58. The molecule has 12 rings (SSSR count). The predicted octanol–water partition coefficient (Wildman–Crippen LogP) is 12.6. The zero-order chi connectivity index (χ0) is 66.8. The molecule has 0 aliphatic rings. The summed E-state index contributed by atoms with van der Waals surface area (Å²) in [5.74, 6) is 0.485. The molecule has 480 valence electrons. The number of nitrogens with one attached hydrogen (secondary N) is 2. The largest absolute Gasteiger partial charge is 0.480 e. The summed E-state index contributed by atoms with van der Waals surface area (Å²) in [4.78, 5) is 34.7. The van der Waals surface area contributed by atoms with Crippen molar-refractivity contribution in [1.82, 2.24) is 107 Å². The van der Waals surface area contributed by atoms with E-state index in [-0.39, 0.29) is 11.1 Å². The van der Waals surface area contributed by atoms with Gasteiger partial charge < -0.3 is 4.74 Å². The Bertz CT molecular complexity index is 3960. The minimum atomic E-state index is -2.21. The number of pyridine rings is 3. The van der Waals surface area contributed by atoms with E-state index in [1.165, 1.54) is 76.1 Å². The molecule has 12 heterocycles. The van der Waals surface area contributed by atoms with E-state index in [4.69, 9.17) is 44.5 Å². The average Bonchev–Trinajstić information content (AvgIpc) is 0.958. The van der Waals surface area contributed by atoms with E-state index >= 15 is 0 Å². The van der Waals surface area contributed by atoms with Crippen LogP contribution in [0.4, 0.5) is 0 Å². The minimum absolute atomic E-state index is 0.279. The van der Waals surface area contributed by atoms with Crippen molar-refractivity contribution in [2.75, 3.05) is 7.11 Å². The topological polar surface area (TPSA) is 320 Å². The number of methoxy groups -OCH3 is 1. The van der Waals surface area contributed by atoms with Crippen molar-refractivity contribution in [2.24, 2.45) is 0 Å². The van der Waals surface area contributed by atoms with Crippen molar-refractivity contribution >= 4 is 56.9 Å². The number of aromatic amines is 2. The van der Waals surface area contributed by atoms with Gasteiger partial charge in [0.05, 0.1) is 29.9 Å². The monoisotopic (exact) mass is 1430 g/mol. The maximum Gasteiger partial charge on any atom is 0.264 e. The number of unbranched alkanes of at least 4 members (excludes halogenated alkanes) is 3. The third-order valence-corrected chi connectivity index (χ3v) is 29.3. The molecular formula is C66H68Cl3N21O3Sn. The Morgan fingerprint density at radius 2 is 0.681 bits per heavy atom. The zero-order valence-electron chi connectivity index (χ0n) is 52.5. The van der Waals surface area contributed by atoms with E-state index in [9.17, 15) is 9.59 Å². The Morgan fingerprint density at radius 3 is 0.968 bits per heavy atom. The third kappa shape index (κ3) is 23.7. The first-order chi connectivity index (χ1) is 45.8. The second-order valence-corrected chi connectivity index (χ2v) is 34.7. The smallest absolute Gasteiger partial charge is 0.264 e. The second-order valence-electron chi connectivity index (χ2n) is 20.5. The molecule has 0 saturated carbocycles. The van der Waals surface area contributed by atoms with Crippen LogP contribution in [0.15, 0.2) is 192 Å². The van der Waals surface area contributed by atoms with Crippen LogP contribution in [0.25, 0.3) is 68.3 Å². The van der Waals surface area contributed by atoms with Crippen LogP contribution in [0.1, 0.15) is 70.7 Å². The van der Waals surface area contributed by atoms with E-state index in [2.05, 4.69) is 141 Å². The molecule has 0 unspecified atom stereocenters. The summed E-state index contributed by atoms with van der Waals surface area (Å²) in [5, 5.41) is 68.2. The number of aryl methyl sites for hydroxylation is 2. The van der Waals surface area contributed by atoms with E-state index in [0.29, 0.717) is 66.9 Å². The van der Waals surface area contributed by atoms with Gasteiger partial charge in [-0.05, 0) is 129 Å². The summed E-state index contributed by atoms with van der Waals surface area (Å²) in [6, 6.07) is 48.7. The van der Waals surface area contributed by atoms with Gasteiger partial charge in [-0.3, -0.25) is 19.6 Å². The van der Waals surface area contributed by atoms with Crippen LogP contribution in [0, 0.1) is 13.8 Å².